The third kappa shape index (κ3) is 5.87. The van der Waals surface area contributed by atoms with Crippen LogP contribution in [0.15, 0.2) is 65.1 Å². The van der Waals surface area contributed by atoms with Crippen molar-refractivity contribution >= 4 is 21.6 Å². The predicted octanol–water partition coefficient (Wildman–Crippen LogP) is 6.19. The van der Waals surface area contributed by atoms with Crippen molar-refractivity contribution in [2.75, 3.05) is 19.0 Å². The Labute approximate surface area is 178 Å². The smallest absolute Gasteiger partial charge is 0.175 e. The summed E-state index contributed by atoms with van der Waals surface area (Å²) in [4.78, 5) is 0. The van der Waals surface area contributed by atoms with E-state index in [1.54, 1.807) is 13.2 Å². The Bertz CT molecular complexity index is 947. The van der Waals surface area contributed by atoms with E-state index in [1.807, 2.05) is 49.4 Å². The number of anilines is 1. The summed E-state index contributed by atoms with van der Waals surface area (Å²) in [5.74, 6) is 1.76. The monoisotopic (exact) mass is 459 g/mol. The number of benzene rings is 3. The van der Waals surface area contributed by atoms with Gasteiger partial charge in [-0.3, -0.25) is 0 Å². The van der Waals surface area contributed by atoms with Gasteiger partial charge in [0.25, 0.3) is 0 Å². The molecule has 0 unspecified atom stereocenters. The van der Waals surface area contributed by atoms with E-state index in [2.05, 4.69) is 21.2 Å². The van der Waals surface area contributed by atoms with Crippen LogP contribution in [-0.2, 0) is 13.2 Å². The largest absolute Gasteiger partial charge is 0.494 e. The van der Waals surface area contributed by atoms with Crippen LogP contribution in [0, 0.1) is 5.82 Å². The first kappa shape index (κ1) is 21.0. The predicted molar refractivity (Wildman–Crippen MR) is 116 cm³/mol. The van der Waals surface area contributed by atoms with Gasteiger partial charge in [-0.15, -0.1) is 0 Å². The summed E-state index contributed by atoms with van der Waals surface area (Å²) < 4.78 is 31.0. The summed E-state index contributed by atoms with van der Waals surface area (Å²) >= 11 is 3.56. The van der Waals surface area contributed by atoms with Gasteiger partial charge in [0.2, 0.25) is 0 Å². The molecule has 0 saturated heterocycles. The molecule has 3 aromatic rings. The molecule has 0 saturated carbocycles. The molecule has 0 atom stereocenters. The van der Waals surface area contributed by atoms with Gasteiger partial charge < -0.3 is 19.5 Å². The van der Waals surface area contributed by atoms with Crippen molar-refractivity contribution < 1.29 is 18.6 Å². The van der Waals surface area contributed by atoms with Crippen molar-refractivity contribution in [1.29, 1.82) is 0 Å². The van der Waals surface area contributed by atoms with Crippen molar-refractivity contribution in [3.63, 3.8) is 0 Å². The fourth-order valence-corrected chi connectivity index (χ4v) is 3.44. The van der Waals surface area contributed by atoms with Crippen LogP contribution < -0.4 is 19.5 Å². The van der Waals surface area contributed by atoms with Crippen molar-refractivity contribution in [2.45, 2.75) is 20.1 Å². The van der Waals surface area contributed by atoms with Crippen molar-refractivity contribution in [1.82, 2.24) is 0 Å². The number of rotatable bonds is 9. The summed E-state index contributed by atoms with van der Waals surface area (Å²) in [5.41, 5.74) is 2.77. The summed E-state index contributed by atoms with van der Waals surface area (Å²) in [6, 6.07) is 18.1. The van der Waals surface area contributed by atoms with Gasteiger partial charge in [-0.25, -0.2) is 4.39 Å². The maximum Gasteiger partial charge on any atom is 0.175 e. The third-order valence-electron chi connectivity index (χ3n) is 4.22. The van der Waals surface area contributed by atoms with Gasteiger partial charge in [0.1, 0.15) is 18.2 Å². The first-order valence-corrected chi connectivity index (χ1v) is 10.1. The van der Waals surface area contributed by atoms with Crippen LogP contribution in [-0.4, -0.2) is 13.7 Å². The van der Waals surface area contributed by atoms with Gasteiger partial charge in [0.05, 0.1) is 18.2 Å². The van der Waals surface area contributed by atoms with E-state index < -0.39 is 0 Å². The summed E-state index contributed by atoms with van der Waals surface area (Å²) in [6.45, 7) is 3.47. The maximum atomic E-state index is 13.4. The molecule has 0 spiro atoms. The average Bonchev–Trinajstić information content (AvgIpc) is 2.72. The molecule has 4 nitrogen and oxygen atoms in total. The van der Waals surface area contributed by atoms with E-state index in [0.717, 1.165) is 27.0 Å². The zero-order valence-corrected chi connectivity index (χ0v) is 18.0. The fraction of sp³-hybridized carbons (Fsp3) is 0.217. The van der Waals surface area contributed by atoms with Crippen LogP contribution in [0.4, 0.5) is 10.1 Å². The highest BCUT2D eigenvalue weighted by Crippen LogP contribution is 2.37. The molecular formula is C23H23BrFNO3. The Kier molecular flexibility index (Phi) is 7.36. The number of hydrogen-bond donors (Lipinski definition) is 1. The zero-order chi connectivity index (χ0) is 20.6. The summed E-state index contributed by atoms with van der Waals surface area (Å²) in [5, 5.41) is 3.38. The quantitative estimate of drug-likeness (QED) is 0.414. The van der Waals surface area contributed by atoms with Crippen LogP contribution in [0.1, 0.15) is 18.1 Å². The van der Waals surface area contributed by atoms with E-state index in [1.165, 1.54) is 12.1 Å². The molecule has 0 aliphatic heterocycles. The minimum Gasteiger partial charge on any atom is -0.494 e. The molecule has 3 rings (SSSR count). The highest BCUT2D eigenvalue weighted by Gasteiger charge is 2.12. The lowest BCUT2D eigenvalue weighted by Gasteiger charge is -2.15. The van der Waals surface area contributed by atoms with Gasteiger partial charge in [-0.05, 0) is 82.5 Å². The molecule has 0 fully saturated rings. The SMILES string of the molecule is CCOc1ccc(NCc2cc(Br)c(OCc3cccc(F)c3)c(OC)c2)cc1. The number of nitrogens with one attached hydrogen (secondary N) is 1. The molecule has 0 radical (unpaired) electrons. The third-order valence-corrected chi connectivity index (χ3v) is 4.81. The van der Waals surface area contributed by atoms with E-state index in [4.69, 9.17) is 14.2 Å². The number of halogens is 2. The zero-order valence-electron chi connectivity index (χ0n) is 16.4. The molecular weight excluding hydrogens is 437 g/mol. The molecule has 0 heterocycles. The molecule has 0 aromatic heterocycles. The highest BCUT2D eigenvalue weighted by molar-refractivity contribution is 9.10. The Morgan fingerprint density at radius 1 is 0.966 bits per heavy atom. The average molecular weight is 460 g/mol. The first-order chi connectivity index (χ1) is 14.1. The molecule has 0 amide bonds. The molecule has 6 heteroatoms. The van der Waals surface area contributed by atoms with Gasteiger partial charge in [0, 0.05) is 12.2 Å². The van der Waals surface area contributed by atoms with Gasteiger partial charge in [-0.2, -0.15) is 0 Å². The minimum atomic E-state index is -0.284. The number of hydrogen-bond acceptors (Lipinski definition) is 4. The summed E-state index contributed by atoms with van der Waals surface area (Å²) in [6.07, 6.45) is 0. The Balaban J connectivity index is 1.67. The number of methoxy groups -OCH3 is 1. The lowest BCUT2D eigenvalue weighted by molar-refractivity contribution is 0.282. The molecule has 29 heavy (non-hydrogen) atoms. The second-order valence-electron chi connectivity index (χ2n) is 6.34. The Morgan fingerprint density at radius 3 is 2.45 bits per heavy atom. The first-order valence-electron chi connectivity index (χ1n) is 9.29. The topological polar surface area (TPSA) is 39.7 Å². The van der Waals surface area contributed by atoms with Crippen LogP contribution in [0.5, 0.6) is 17.2 Å². The fourth-order valence-electron chi connectivity index (χ4n) is 2.84. The molecule has 0 aliphatic carbocycles. The molecule has 1 N–H and O–H groups in total. The van der Waals surface area contributed by atoms with Crippen molar-refractivity contribution in [3.8, 4) is 17.2 Å². The summed E-state index contributed by atoms with van der Waals surface area (Å²) in [7, 11) is 1.60. The van der Waals surface area contributed by atoms with Crippen molar-refractivity contribution in [2.24, 2.45) is 0 Å². The lowest BCUT2D eigenvalue weighted by atomic mass is 10.2. The van der Waals surface area contributed by atoms with Crippen LogP contribution in [0.2, 0.25) is 0 Å². The molecule has 3 aromatic carbocycles. The van der Waals surface area contributed by atoms with E-state index >= 15 is 0 Å². The van der Waals surface area contributed by atoms with Crippen LogP contribution in [0.3, 0.4) is 0 Å². The van der Waals surface area contributed by atoms with Gasteiger partial charge >= 0.3 is 0 Å². The van der Waals surface area contributed by atoms with E-state index in [0.29, 0.717) is 24.7 Å². The highest BCUT2D eigenvalue weighted by atomic mass is 79.9. The molecule has 152 valence electrons. The molecule has 0 bridgehead atoms. The Hall–Kier alpha value is -2.73. The van der Waals surface area contributed by atoms with E-state index in [-0.39, 0.29) is 12.4 Å². The van der Waals surface area contributed by atoms with Crippen LogP contribution >= 0.6 is 15.9 Å². The van der Waals surface area contributed by atoms with Gasteiger partial charge in [0.15, 0.2) is 11.5 Å². The normalized spacial score (nSPS) is 10.5. The maximum absolute atomic E-state index is 13.4. The lowest BCUT2D eigenvalue weighted by Crippen LogP contribution is -2.03. The number of ether oxygens (including phenoxy) is 3. The minimum absolute atomic E-state index is 0.247. The molecule has 0 aliphatic rings. The van der Waals surface area contributed by atoms with E-state index in [9.17, 15) is 4.39 Å². The van der Waals surface area contributed by atoms with Crippen LogP contribution in [0.25, 0.3) is 0 Å². The second-order valence-corrected chi connectivity index (χ2v) is 7.19. The van der Waals surface area contributed by atoms with Gasteiger partial charge in [-0.1, -0.05) is 12.1 Å². The second kappa shape index (κ2) is 10.2. The van der Waals surface area contributed by atoms with Crippen molar-refractivity contribution in [3.05, 3.63) is 82.1 Å². The Morgan fingerprint density at radius 2 is 1.76 bits per heavy atom. The standard InChI is InChI=1S/C23H23BrFNO3/c1-3-28-20-9-7-19(8-10-20)26-14-17-12-21(24)23(22(13-17)27-2)29-15-16-5-4-6-18(25)11-16/h4-13,26H,3,14-15H2,1-2H3.